The summed E-state index contributed by atoms with van der Waals surface area (Å²) in [6.07, 6.45) is 1.51. The summed E-state index contributed by atoms with van der Waals surface area (Å²) in [5.74, 6) is -0.234. The van der Waals surface area contributed by atoms with Gasteiger partial charge in [0.15, 0.2) is 11.5 Å². The molecule has 1 atom stereocenters. The van der Waals surface area contributed by atoms with Gasteiger partial charge in [0, 0.05) is 18.6 Å². The number of aromatic hydroxyl groups is 1. The molecule has 6 nitrogen and oxygen atoms in total. The van der Waals surface area contributed by atoms with Crippen LogP contribution in [0.1, 0.15) is 50.7 Å². The van der Waals surface area contributed by atoms with Gasteiger partial charge in [0.1, 0.15) is 20.8 Å². The van der Waals surface area contributed by atoms with Gasteiger partial charge in [-0.1, -0.05) is 27.2 Å². The Balaban J connectivity index is 0.00000484. The van der Waals surface area contributed by atoms with Crippen molar-refractivity contribution in [2.45, 2.75) is 50.8 Å². The minimum atomic E-state index is -4.84. The molecule has 0 aliphatic heterocycles. The Bertz CT molecular complexity index is 637. The van der Waals surface area contributed by atoms with Crippen LogP contribution in [-0.2, 0) is 16.5 Å². The fourth-order valence-electron chi connectivity index (χ4n) is 2.56. The molecule has 1 unspecified atom stereocenters. The van der Waals surface area contributed by atoms with Gasteiger partial charge in [-0.15, -0.1) is 0 Å². The molecule has 0 aromatic heterocycles. The molecule has 0 heterocycles. The molecule has 0 spiro atoms. The number of hydrogen-bond acceptors (Lipinski definition) is 6. The van der Waals surface area contributed by atoms with E-state index in [4.69, 9.17) is 9.47 Å². The van der Waals surface area contributed by atoms with Crippen molar-refractivity contribution < 1.29 is 27.6 Å². The summed E-state index contributed by atoms with van der Waals surface area (Å²) in [5, 5.41) is 10.5. The first kappa shape index (κ1) is 21.4. The molecule has 23 heavy (non-hydrogen) atoms. The van der Waals surface area contributed by atoms with E-state index in [1.54, 1.807) is 0 Å². The van der Waals surface area contributed by atoms with Crippen molar-refractivity contribution in [3.8, 4) is 17.2 Å². The van der Waals surface area contributed by atoms with Crippen molar-refractivity contribution in [2.24, 2.45) is 0 Å². The Morgan fingerprint density at radius 2 is 1.70 bits per heavy atom. The molecule has 0 aliphatic carbocycles. The molecule has 0 fully saturated rings. The number of ether oxygens (including phenoxy) is 2. The monoisotopic (exact) mass is 346 g/mol. The van der Waals surface area contributed by atoms with E-state index in [9.17, 15) is 18.1 Å². The molecule has 0 amide bonds. The van der Waals surface area contributed by atoms with Gasteiger partial charge in [0.05, 0.1) is 14.2 Å². The molecule has 1 rings (SSSR count). The van der Waals surface area contributed by atoms with Crippen molar-refractivity contribution in [2.75, 3.05) is 14.2 Å². The highest BCUT2D eigenvalue weighted by atomic mass is 32.2. The highest BCUT2D eigenvalue weighted by Crippen LogP contribution is 2.49. The van der Waals surface area contributed by atoms with E-state index in [1.807, 2.05) is 20.8 Å². The Kier molecular flexibility index (Phi) is 7.73. The van der Waals surface area contributed by atoms with Crippen LogP contribution in [0.3, 0.4) is 0 Å². The van der Waals surface area contributed by atoms with Crippen molar-refractivity contribution in [1.29, 1.82) is 0 Å². The molecule has 1 N–H and O–H groups in total. The zero-order chi connectivity index (χ0) is 17.1. The lowest BCUT2D eigenvalue weighted by Crippen LogP contribution is -2.11. The molecule has 132 valence electrons. The van der Waals surface area contributed by atoms with Gasteiger partial charge in [0.25, 0.3) is 0 Å². The minimum absolute atomic E-state index is 0. The molecular weight excluding hydrogens is 320 g/mol. The summed E-state index contributed by atoms with van der Waals surface area (Å²) < 4.78 is 45.7. The van der Waals surface area contributed by atoms with Crippen molar-refractivity contribution in [3.05, 3.63) is 18.6 Å². The average molecular weight is 346 g/mol. The number of methoxy groups -OCH3 is 2. The lowest BCUT2D eigenvalue weighted by Gasteiger charge is -2.25. The number of hydrogen-bond donors (Lipinski definition) is 1. The van der Waals surface area contributed by atoms with E-state index < -0.39 is 20.8 Å². The maximum Gasteiger partial charge on any atom is 0.168 e. The molecule has 0 saturated carbocycles. The summed E-state index contributed by atoms with van der Waals surface area (Å²) in [4.78, 5) is -0.595. The van der Waals surface area contributed by atoms with Crippen LogP contribution in [0.15, 0.2) is 4.90 Å². The van der Waals surface area contributed by atoms with Crippen molar-refractivity contribution >= 4 is 10.1 Å². The molecule has 0 aliphatic rings. The molecule has 0 bridgehead atoms. The largest absolute Gasteiger partial charge is 0.744 e. The second kappa shape index (κ2) is 8.31. The first-order chi connectivity index (χ1) is 10.2. The standard InChI is InChI=1S/C15H24O6S.CH3/c1-6-8-10-13(20-4)14(21-5)11(9(3)7-2)12(16)15(10)22(17,18)19;/h9,16H,6-8H2,1-5H3,(H,17,18,19);1H3/q;+1/p-1. The first-order valence-corrected chi connectivity index (χ1v) is 8.60. The maximum absolute atomic E-state index is 11.7. The molecule has 1 aromatic rings. The zero-order valence-electron chi connectivity index (χ0n) is 14.6. The van der Waals surface area contributed by atoms with Crippen LogP contribution in [0, 0.1) is 7.43 Å². The third-order valence-corrected chi connectivity index (χ3v) is 4.67. The number of benzene rings is 1. The number of phenols is 1. The zero-order valence-corrected chi connectivity index (χ0v) is 15.4. The van der Waals surface area contributed by atoms with Gasteiger partial charge in [0.2, 0.25) is 0 Å². The maximum atomic E-state index is 11.7. The summed E-state index contributed by atoms with van der Waals surface area (Å²) in [5.41, 5.74) is 0.456. The van der Waals surface area contributed by atoms with Crippen molar-refractivity contribution in [3.63, 3.8) is 0 Å². The predicted octanol–water partition coefficient (Wildman–Crippen LogP) is 3.23. The highest BCUT2D eigenvalue weighted by molar-refractivity contribution is 7.86. The second-order valence-electron chi connectivity index (χ2n) is 5.15. The molecule has 7 heteroatoms. The van der Waals surface area contributed by atoms with Gasteiger partial charge in [-0.05, 0) is 18.8 Å². The topological polar surface area (TPSA) is 95.9 Å². The summed E-state index contributed by atoms with van der Waals surface area (Å²) in [6, 6.07) is 0. The molecule has 0 saturated heterocycles. The lowest BCUT2D eigenvalue weighted by molar-refractivity contribution is 0.335. The number of rotatable bonds is 7. The second-order valence-corrected chi connectivity index (χ2v) is 6.47. The smallest absolute Gasteiger partial charge is 0.168 e. The third kappa shape index (κ3) is 4.03. The van der Waals surface area contributed by atoms with Crippen LogP contribution in [-0.4, -0.2) is 32.3 Å². The van der Waals surface area contributed by atoms with Crippen LogP contribution in [0.5, 0.6) is 17.2 Å². The first-order valence-electron chi connectivity index (χ1n) is 7.19. The SMILES string of the molecule is CCCc1c(OC)c(OC)c(C(C)CC)c(O)c1S(=O)(=O)[O-].[CH3+]. The Hall–Kier alpha value is -1.60. The van der Waals surface area contributed by atoms with Crippen LogP contribution >= 0.6 is 0 Å². The summed E-state index contributed by atoms with van der Waals surface area (Å²) in [6.45, 7) is 5.55. The van der Waals surface area contributed by atoms with Gasteiger partial charge >= 0.3 is 0 Å². The van der Waals surface area contributed by atoms with Crippen LogP contribution < -0.4 is 9.47 Å². The fourth-order valence-corrected chi connectivity index (χ4v) is 3.40. The fraction of sp³-hybridized carbons (Fsp3) is 0.562. The van der Waals surface area contributed by atoms with E-state index in [-0.39, 0.29) is 42.4 Å². The molecule has 0 radical (unpaired) electrons. The normalized spacial score (nSPS) is 12.4. The minimum Gasteiger partial charge on any atom is -0.744 e. The Morgan fingerprint density at radius 1 is 1.17 bits per heavy atom. The van der Waals surface area contributed by atoms with Gasteiger partial charge in [-0.25, -0.2) is 8.42 Å². The lowest BCUT2D eigenvalue weighted by atomic mass is 9.93. The van der Waals surface area contributed by atoms with Crippen LogP contribution in [0.25, 0.3) is 0 Å². The van der Waals surface area contributed by atoms with E-state index in [2.05, 4.69) is 0 Å². The van der Waals surface area contributed by atoms with E-state index in [1.165, 1.54) is 14.2 Å². The Morgan fingerprint density at radius 3 is 2.04 bits per heavy atom. The number of phenolic OH excluding ortho intramolecular Hbond substituents is 1. The van der Waals surface area contributed by atoms with Gasteiger partial charge in [-0.3, -0.25) is 0 Å². The highest BCUT2D eigenvalue weighted by Gasteiger charge is 2.29. The van der Waals surface area contributed by atoms with E-state index in [0.29, 0.717) is 12.8 Å². The van der Waals surface area contributed by atoms with E-state index in [0.717, 1.165) is 0 Å². The quantitative estimate of drug-likeness (QED) is 0.601. The summed E-state index contributed by atoms with van der Waals surface area (Å²) in [7, 11) is -2.04. The Labute approximate surface area is 139 Å². The van der Waals surface area contributed by atoms with E-state index >= 15 is 0 Å². The molecular formula is C16H26O6S. The van der Waals surface area contributed by atoms with Gasteiger partial charge < -0.3 is 19.1 Å². The summed E-state index contributed by atoms with van der Waals surface area (Å²) >= 11 is 0. The predicted molar refractivity (Wildman–Crippen MR) is 88.3 cm³/mol. The van der Waals surface area contributed by atoms with Gasteiger partial charge in [-0.2, -0.15) is 0 Å². The van der Waals surface area contributed by atoms with Crippen LogP contribution in [0.2, 0.25) is 0 Å². The average Bonchev–Trinajstić information content (AvgIpc) is 2.44. The molecule has 1 aromatic carbocycles. The van der Waals surface area contributed by atoms with Crippen LogP contribution in [0.4, 0.5) is 0 Å². The third-order valence-electron chi connectivity index (χ3n) is 3.73. The van der Waals surface area contributed by atoms with Crippen molar-refractivity contribution in [1.82, 2.24) is 0 Å².